The summed E-state index contributed by atoms with van der Waals surface area (Å²) >= 11 is 0. The van der Waals surface area contributed by atoms with Crippen molar-refractivity contribution in [3.63, 3.8) is 0 Å². The summed E-state index contributed by atoms with van der Waals surface area (Å²) in [6, 6.07) is 11.5. The van der Waals surface area contributed by atoms with Crippen LogP contribution < -0.4 is 5.73 Å². The van der Waals surface area contributed by atoms with Gasteiger partial charge in [-0.3, -0.25) is 4.90 Å². The number of nitrogens with zero attached hydrogens (tertiary/aromatic N) is 1. The summed E-state index contributed by atoms with van der Waals surface area (Å²) in [6.07, 6.45) is 0. The lowest BCUT2D eigenvalue weighted by Gasteiger charge is -2.36. The SMILES string of the molecule is CCN(C(C)C)C(c1ccccc1)C(C)N. The maximum Gasteiger partial charge on any atom is 0.0499 e. The Balaban J connectivity index is 2.99. The molecule has 16 heavy (non-hydrogen) atoms. The number of hydrogen-bond acceptors (Lipinski definition) is 2. The van der Waals surface area contributed by atoms with Gasteiger partial charge in [-0.15, -0.1) is 0 Å². The number of likely N-dealkylation sites (N-methyl/N-ethyl adjacent to an activating group) is 1. The maximum absolute atomic E-state index is 6.14. The van der Waals surface area contributed by atoms with E-state index in [9.17, 15) is 0 Å². The van der Waals surface area contributed by atoms with Crippen molar-refractivity contribution in [2.24, 2.45) is 5.73 Å². The standard InChI is InChI=1S/C14H24N2/c1-5-16(11(2)3)14(12(4)15)13-9-7-6-8-10-13/h6-12,14H,5,15H2,1-4H3. The van der Waals surface area contributed by atoms with Gasteiger partial charge in [-0.2, -0.15) is 0 Å². The lowest BCUT2D eigenvalue weighted by Crippen LogP contribution is -2.43. The fourth-order valence-electron chi connectivity index (χ4n) is 2.33. The Bertz CT molecular complexity index is 293. The molecule has 2 N–H and O–H groups in total. The lowest BCUT2D eigenvalue weighted by atomic mass is 9.98. The zero-order valence-electron chi connectivity index (χ0n) is 10.9. The predicted octanol–water partition coefficient (Wildman–Crippen LogP) is 2.81. The van der Waals surface area contributed by atoms with Gasteiger partial charge in [0.2, 0.25) is 0 Å². The van der Waals surface area contributed by atoms with Crippen molar-refractivity contribution in [3.05, 3.63) is 35.9 Å². The monoisotopic (exact) mass is 220 g/mol. The van der Waals surface area contributed by atoms with Gasteiger partial charge in [-0.05, 0) is 32.9 Å². The van der Waals surface area contributed by atoms with Crippen LogP contribution in [0.3, 0.4) is 0 Å². The van der Waals surface area contributed by atoms with Crippen LogP contribution in [-0.2, 0) is 0 Å². The lowest BCUT2D eigenvalue weighted by molar-refractivity contribution is 0.144. The molecule has 2 atom stereocenters. The van der Waals surface area contributed by atoms with Crippen LogP contribution in [0.1, 0.15) is 39.3 Å². The van der Waals surface area contributed by atoms with Crippen molar-refractivity contribution in [2.75, 3.05) is 6.54 Å². The molecule has 0 heterocycles. The number of nitrogens with two attached hydrogens (primary N) is 1. The van der Waals surface area contributed by atoms with Gasteiger partial charge in [0.05, 0.1) is 0 Å². The predicted molar refractivity (Wildman–Crippen MR) is 70.3 cm³/mol. The Morgan fingerprint density at radius 1 is 1.12 bits per heavy atom. The number of hydrogen-bond donors (Lipinski definition) is 1. The van der Waals surface area contributed by atoms with Crippen LogP contribution in [0.4, 0.5) is 0 Å². The van der Waals surface area contributed by atoms with Crippen LogP contribution in [0, 0.1) is 0 Å². The van der Waals surface area contributed by atoms with E-state index in [4.69, 9.17) is 5.73 Å². The van der Waals surface area contributed by atoms with E-state index in [1.54, 1.807) is 0 Å². The van der Waals surface area contributed by atoms with Gasteiger partial charge >= 0.3 is 0 Å². The zero-order valence-corrected chi connectivity index (χ0v) is 10.9. The third-order valence-corrected chi connectivity index (χ3v) is 3.02. The van der Waals surface area contributed by atoms with Gasteiger partial charge in [0, 0.05) is 18.1 Å². The van der Waals surface area contributed by atoms with Crippen molar-refractivity contribution >= 4 is 0 Å². The van der Waals surface area contributed by atoms with Crippen LogP contribution in [0.15, 0.2) is 30.3 Å². The molecule has 0 radical (unpaired) electrons. The Morgan fingerprint density at radius 3 is 2.06 bits per heavy atom. The van der Waals surface area contributed by atoms with E-state index in [-0.39, 0.29) is 6.04 Å². The second-order valence-electron chi connectivity index (χ2n) is 4.64. The highest BCUT2D eigenvalue weighted by Gasteiger charge is 2.24. The summed E-state index contributed by atoms with van der Waals surface area (Å²) in [5.41, 5.74) is 7.45. The van der Waals surface area contributed by atoms with Gasteiger partial charge < -0.3 is 5.73 Å². The molecule has 2 nitrogen and oxygen atoms in total. The molecular weight excluding hydrogens is 196 g/mol. The summed E-state index contributed by atoms with van der Waals surface area (Å²) in [5, 5.41) is 0. The van der Waals surface area contributed by atoms with Crippen LogP contribution in [-0.4, -0.2) is 23.5 Å². The first-order chi connectivity index (χ1) is 7.57. The molecule has 2 unspecified atom stereocenters. The number of benzene rings is 1. The van der Waals surface area contributed by atoms with E-state index in [0.717, 1.165) is 6.54 Å². The molecule has 0 aliphatic rings. The number of rotatable bonds is 5. The molecule has 1 aromatic rings. The van der Waals surface area contributed by atoms with E-state index in [2.05, 4.69) is 56.9 Å². The smallest absolute Gasteiger partial charge is 0.0499 e. The van der Waals surface area contributed by atoms with Crippen molar-refractivity contribution in [1.82, 2.24) is 4.90 Å². The van der Waals surface area contributed by atoms with Crippen molar-refractivity contribution in [1.29, 1.82) is 0 Å². The van der Waals surface area contributed by atoms with Gasteiger partial charge in [0.15, 0.2) is 0 Å². The largest absolute Gasteiger partial charge is 0.326 e. The van der Waals surface area contributed by atoms with Gasteiger partial charge in [0.1, 0.15) is 0 Å². The van der Waals surface area contributed by atoms with Crippen molar-refractivity contribution in [3.8, 4) is 0 Å². The third-order valence-electron chi connectivity index (χ3n) is 3.02. The fourth-order valence-corrected chi connectivity index (χ4v) is 2.33. The molecule has 1 aromatic carbocycles. The Kier molecular flexibility index (Phi) is 4.97. The molecule has 0 amide bonds. The minimum absolute atomic E-state index is 0.143. The van der Waals surface area contributed by atoms with Crippen molar-refractivity contribution < 1.29 is 0 Å². The van der Waals surface area contributed by atoms with E-state index < -0.39 is 0 Å². The quantitative estimate of drug-likeness (QED) is 0.826. The zero-order chi connectivity index (χ0) is 12.1. The summed E-state index contributed by atoms with van der Waals surface area (Å²) in [7, 11) is 0. The van der Waals surface area contributed by atoms with Crippen LogP contribution in [0.5, 0.6) is 0 Å². The average molecular weight is 220 g/mol. The highest BCUT2D eigenvalue weighted by molar-refractivity contribution is 5.20. The molecule has 0 bridgehead atoms. The highest BCUT2D eigenvalue weighted by Crippen LogP contribution is 2.24. The Morgan fingerprint density at radius 2 is 1.69 bits per heavy atom. The summed E-state index contributed by atoms with van der Waals surface area (Å²) < 4.78 is 0. The van der Waals surface area contributed by atoms with Crippen molar-refractivity contribution in [2.45, 2.75) is 45.8 Å². The normalized spacial score (nSPS) is 15.4. The molecule has 0 fully saturated rings. The van der Waals surface area contributed by atoms with Crippen LogP contribution in [0.2, 0.25) is 0 Å². The summed E-state index contributed by atoms with van der Waals surface area (Å²) in [4.78, 5) is 2.44. The van der Waals surface area contributed by atoms with E-state index in [1.807, 2.05) is 6.07 Å². The summed E-state index contributed by atoms with van der Waals surface area (Å²) in [6.45, 7) is 9.75. The fraction of sp³-hybridized carbons (Fsp3) is 0.571. The minimum atomic E-state index is 0.143. The topological polar surface area (TPSA) is 29.3 Å². The Hall–Kier alpha value is -0.860. The summed E-state index contributed by atoms with van der Waals surface area (Å²) in [5.74, 6) is 0. The van der Waals surface area contributed by atoms with Crippen LogP contribution in [0.25, 0.3) is 0 Å². The average Bonchev–Trinajstić information content (AvgIpc) is 2.25. The van der Waals surface area contributed by atoms with Gasteiger partial charge in [-0.1, -0.05) is 37.3 Å². The minimum Gasteiger partial charge on any atom is -0.326 e. The van der Waals surface area contributed by atoms with E-state index in [0.29, 0.717) is 12.1 Å². The second-order valence-corrected chi connectivity index (χ2v) is 4.64. The van der Waals surface area contributed by atoms with Gasteiger partial charge in [0.25, 0.3) is 0 Å². The first kappa shape index (κ1) is 13.2. The highest BCUT2D eigenvalue weighted by atomic mass is 15.2. The molecule has 0 aliphatic carbocycles. The molecule has 1 rings (SSSR count). The third kappa shape index (κ3) is 3.06. The first-order valence-corrected chi connectivity index (χ1v) is 6.14. The first-order valence-electron chi connectivity index (χ1n) is 6.14. The molecule has 90 valence electrons. The molecular formula is C14H24N2. The molecule has 0 saturated heterocycles. The molecule has 0 aromatic heterocycles. The molecule has 0 aliphatic heterocycles. The van der Waals surface area contributed by atoms with E-state index in [1.165, 1.54) is 5.56 Å². The molecule has 2 heteroatoms. The molecule has 0 saturated carbocycles. The molecule has 0 spiro atoms. The van der Waals surface area contributed by atoms with Gasteiger partial charge in [-0.25, -0.2) is 0 Å². The van der Waals surface area contributed by atoms with E-state index >= 15 is 0 Å². The second kappa shape index (κ2) is 6.02. The Labute approximate surface area is 99.5 Å². The van der Waals surface area contributed by atoms with Crippen LogP contribution >= 0.6 is 0 Å². The maximum atomic E-state index is 6.14.